The minimum absolute atomic E-state index is 0.0139. The highest BCUT2D eigenvalue weighted by molar-refractivity contribution is 6.33. The van der Waals surface area contributed by atoms with Gasteiger partial charge in [0.05, 0.1) is 15.6 Å². The van der Waals surface area contributed by atoms with Gasteiger partial charge in [0.25, 0.3) is 5.69 Å². The summed E-state index contributed by atoms with van der Waals surface area (Å²) >= 11 is 5.76. The Balaban J connectivity index is 2.21. The van der Waals surface area contributed by atoms with E-state index in [0.29, 0.717) is 17.2 Å². The van der Waals surface area contributed by atoms with Crippen LogP contribution in [-0.4, -0.2) is 4.92 Å². The van der Waals surface area contributed by atoms with Gasteiger partial charge in [-0.1, -0.05) is 23.7 Å². The van der Waals surface area contributed by atoms with Crippen LogP contribution in [0.1, 0.15) is 11.1 Å². The highest BCUT2D eigenvalue weighted by Crippen LogP contribution is 2.27. The van der Waals surface area contributed by atoms with Crippen molar-refractivity contribution in [1.82, 2.24) is 0 Å². The van der Waals surface area contributed by atoms with Crippen LogP contribution in [0, 0.1) is 28.7 Å². The molecule has 0 unspecified atom stereocenters. The summed E-state index contributed by atoms with van der Waals surface area (Å²) < 4.78 is 26.5. The van der Waals surface area contributed by atoms with E-state index >= 15 is 0 Å². The number of nitro groups is 1. The minimum Gasteiger partial charge on any atom is -0.377 e. The van der Waals surface area contributed by atoms with Crippen molar-refractivity contribution >= 4 is 23.0 Å². The van der Waals surface area contributed by atoms with Crippen LogP contribution >= 0.6 is 11.6 Å². The van der Waals surface area contributed by atoms with E-state index in [0.717, 1.165) is 6.07 Å². The quantitative estimate of drug-likeness (QED) is 0.670. The van der Waals surface area contributed by atoms with Gasteiger partial charge in [-0.3, -0.25) is 10.1 Å². The van der Waals surface area contributed by atoms with Crippen LogP contribution < -0.4 is 5.32 Å². The molecule has 7 heteroatoms. The van der Waals surface area contributed by atoms with Crippen molar-refractivity contribution < 1.29 is 13.7 Å². The molecular weight excluding hydrogens is 302 g/mol. The molecule has 0 saturated heterocycles. The number of aryl methyl sites for hydroxylation is 1. The van der Waals surface area contributed by atoms with Crippen molar-refractivity contribution in [3.05, 3.63) is 68.2 Å². The van der Waals surface area contributed by atoms with Crippen molar-refractivity contribution in [2.24, 2.45) is 0 Å². The van der Waals surface area contributed by atoms with Gasteiger partial charge in [-0.2, -0.15) is 0 Å². The van der Waals surface area contributed by atoms with Crippen molar-refractivity contribution in [2.75, 3.05) is 5.32 Å². The SMILES string of the molecule is Cc1ccc(CNc2c(F)cc(F)cc2Cl)cc1[N+](=O)[O-]. The zero-order valence-electron chi connectivity index (χ0n) is 11.0. The Bertz CT molecular complexity index is 684. The van der Waals surface area contributed by atoms with Crippen LogP contribution in [0.2, 0.25) is 5.02 Å². The van der Waals surface area contributed by atoms with Crippen LogP contribution in [0.15, 0.2) is 30.3 Å². The van der Waals surface area contributed by atoms with Crippen molar-refractivity contribution in [2.45, 2.75) is 13.5 Å². The Hall–Kier alpha value is -2.21. The van der Waals surface area contributed by atoms with Gasteiger partial charge in [0, 0.05) is 24.2 Å². The van der Waals surface area contributed by atoms with Gasteiger partial charge in [0.15, 0.2) is 5.82 Å². The molecule has 2 aromatic rings. The topological polar surface area (TPSA) is 55.2 Å². The molecule has 0 aliphatic heterocycles. The van der Waals surface area contributed by atoms with Gasteiger partial charge >= 0.3 is 0 Å². The smallest absolute Gasteiger partial charge is 0.272 e. The molecule has 0 atom stereocenters. The zero-order valence-corrected chi connectivity index (χ0v) is 11.7. The summed E-state index contributed by atoms with van der Waals surface area (Å²) in [6.45, 7) is 1.76. The molecule has 1 N–H and O–H groups in total. The van der Waals surface area contributed by atoms with Crippen molar-refractivity contribution in [3.8, 4) is 0 Å². The first-order valence-corrected chi connectivity index (χ1v) is 6.38. The van der Waals surface area contributed by atoms with Crippen molar-refractivity contribution in [3.63, 3.8) is 0 Å². The van der Waals surface area contributed by atoms with Gasteiger partial charge in [-0.05, 0) is 18.6 Å². The average Bonchev–Trinajstić information content (AvgIpc) is 2.38. The standard InChI is InChI=1S/C14H11ClF2N2O2/c1-8-2-3-9(4-13(8)19(20)21)7-18-14-11(15)5-10(16)6-12(14)17/h2-6,18H,7H2,1H3. The van der Waals surface area contributed by atoms with E-state index in [2.05, 4.69) is 5.32 Å². The zero-order chi connectivity index (χ0) is 15.6. The third kappa shape index (κ3) is 3.46. The number of hydrogen-bond acceptors (Lipinski definition) is 3. The molecule has 4 nitrogen and oxygen atoms in total. The fraction of sp³-hybridized carbons (Fsp3) is 0.143. The minimum atomic E-state index is -0.818. The molecule has 0 heterocycles. The first kappa shape index (κ1) is 15.2. The molecule has 0 fully saturated rings. The van der Waals surface area contributed by atoms with Crippen LogP contribution in [0.4, 0.5) is 20.2 Å². The van der Waals surface area contributed by atoms with E-state index in [9.17, 15) is 18.9 Å². The first-order valence-electron chi connectivity index (χ1n) is 6.01. The van der Waals surface area contributed by atoms with E-state index in [-0.39, 0.29) is 22.9 Å². The fourth-order valence-electron chi connectivity index (χ4n) is 1.86. The maximum atomic E-state index is 13.6. The summed E-state index contributed by atoms with van der Waals surface area (Å²) in [5.41, 5.74) is 1.07. The number of anilines is 1. The lowest BCUT2D eigenvalue weighted by Crippen LogP contribution is -2.04. The number of nitrogens with one attached hydrogen (secondary N) is 1. The number of benzene rings is 2. The molecule has 2 aromatic carbocycles. The Morgan fingerprint density at radius 2 is 2.00 bits per heavy atom. The van der Waals surface area contributed by atoms with E-state index in [4.69, 9.17) is 11.6 Å². The monoisotopic (exact) mass is 312 g/mol. The molecule has 2 rings (SSSR count). The molecule has 0 aromatic heterocycles. The second kappa shape index (κ2) is 6.05. The van der Waals surface area contributed by atoms with Gasteiger partial charge in [-0.25, -0.2) is 8.78 Å². The number of nitrogens with zero attached hydrogens (tertiary/aromatic N) is 1. The highest BCUT2D eigenvalue weighted by Gasteiger charge is 2.13. The molecule has 0 radical (unpaired) electrons. The van der Waals surface area contributed by atoms with Crippen LogP contribution in [0.25, 0.3) is 0 Å². The number of halogens is 3. The Morgan fingerprint density at radius 1 is 1.29 bits per heavy atom. The van der Waals surface area contributed by atoms with E-state index in [1.165, 1.54) is 6.07 Å². The molecule has 21 heavy (non-hydrogen) atoms. The molecule has 0 amide bonds. The number of nitro benzene ring substituents is 1. The normalized spacial score (nSPS) is 10.5. The van der Waals surface area contributed by atoms with E-state index in [1.54, 1.807) is 19.1 Å². The first-order chi connectivity index (χ1) is 9.88. The third-order valence-corrected chi connectivity index (χ3v) is 3.24. The lowest BCUT2D eigenvalue weighted by molar-refractivity contribution is -0.385. The molecule has 0 aliphatic rings. The summed E-state index contributed by atoms with van der Waals surface area (Å²) in [6, 6.07) is 6.40. The Labute approximate surface area is 124 Å². The summed E-state index contributed by atoms with van der Waals surface area (Å²) in [7, 11) is 0. The Kier molecular flexibility index (Phi) is 4.37. The largest absolute Gasteiger partial charge is 0.377 e. The summed E-state index contributed by atoms with van der Waals surface area (Å²) in [5.74, 6) is -1.59. The number of rotatable bonds is 4. The summed E-state index contributed by atoms with van der Waals surface area (Å²) in [5, 5.41) is 13.5. The second-order valence-electron chi connectivity index (χ2n) is 4.48. The van der Waals surface area contributed by atoms with Gasteiger partial charge in [-0.15, -0.1) is 0 Å². The number of hydrogen-bond donors (Lipinski definition) is 1. The van der Waals surface area contributed by atoms with E-state index < -0.39 is 16.6 Å². The second-order valence-corrected chi connectivity index (χ2v) is 4.88. The predicted octanol–water partition coefficient (Wildman–Crippen LogP) is 4.45. The predicted molar refractivity (Wildman–Crippen MR) is 76.5 cm³/mol. The van der Waals surface area contributed by atoms with Crippen LogP contribution in [0.5, 0.6) is 0 Å². The van der Waals surface area contributed by atoms with Crippen LogP contribution in [-0.2, 0) is 6.54 Å². The van der Waals surface area contributed by atoms with Gasteiger partial charge in [0.1, 0.15) is 5.82 Å². The lowest BCUT2D eigenvalue weighted by Gasteiger charge is -2.10. The molecule has 0 saturated carbocycles. The lowest BCUT2D eigenvalue weighted by atomic mass is 10.1. The van der Waals surface area contributed by atoms with E-state index in [1.807, 2.05) is 0 Å². The molecule has 110 valence electrons. The highest BCUT2D eigenvalue weighted by atomic mass is 35.5. The van der Waals surface area contributed by atoms with Gasteiger partial charge < -0.3 is 5.32 Å². The Morgan fingerprint density at radius 3 is 2.62 bits per heavy atom. The molecule has 0 aliphatic carbocycles. The van der Waals surface area contributed by atoms with Crippen molar-refractivity contribution in [1.29, 1.82) is 0 Å². The summed E-state index contributed by atoms with van der Waals surface area (Å²) in [4.78, 5) is 10.4. The maximum Gasteiger partial charge on any atom is 0.272 e. The van der Waals surface area contributed by atoms with Gasteiger partial charge in [0.2, 0.25) is 0 Å². The maximum absolute atomic E-state index is 13.6. The third-order valence-electron chi connectivity index (χ3n) is 2.95. The molecule has 0 spiro atoms. The molecular formula is C14H11ClF2N2O2. The van der Waals surface area contributed by atoms with Crippen LogP contribution in [0.3, 0.4) is 0 Å². The average molecular weight is 313 g/mol. The fourth-order valence-corrected chi connectivity index (χ4v) is 2.12. The summed E-state index contributed by atoms with van der Waals surface area (Å²) in [6.07, 6.45) is 0. The molecule has 0 bridgehead atoms.